The van der Waals surface area contributed by atoms with Crippen LogP contribution in [0.25, 0.3) is 0 Å². The molecule has 88 valence electrons. The van der Waals surface area contributed by atoms with Crippen molar-refractivity contribution in [2.75, 3.05) is 0 Å². The molecule has 0 aliphatic heterocycles. The second kappa shape index (κ2) is 24.0. The summed E-state index contributed by atoms with van der Waals surface area (Å²) in [5.74, 6) is 4.00. The Hall–Kier alpha value is -1.47. The van der Waals surface area contributed by atoms with Crippen LogP contribution in [0, 0.1) is 73.2 Å². The minimum atomic E-state index is 0. The molecule has 2 aromatic carbocycles. The van der Waals surface area contributed by atoms with Crippen LogP contribution in [-0.4, -0.2) is 0 Å². The van der Waals surface area contributed by atoms with Gasteiger partial charge in [0.25, 0.3) is 0 Å². The second-order valence-corrected chi connectivity index (χ2v) is 1.87. The minimum Gasteiger partial charge on any atom is -0.999 e. The normalized spacial score (nSPS) is 5.65. The van der Waals surface area contributed by atoms with E-state index in [4.69, 9.17) is 12.8 Å². The summed E-state index contributed by atoms with van der Waals surface area (Å²) >= 11 is 0. The summed E-state index contributed by atoms with van der Waals surface area (Å²) in [6.07, 6.45) is 11.9. The summed E-state index contributed by atoms with van der Waals surface area (Å²) in [5.41, 5.74) is 0. The molecule has 0 spiro atoms. The average molecular weight is 248 g/mol. The molecular formula is C16H8Ti-12. The van der Waals surface area contributed by atoms with Crippen LogP contribution < -0.4 is 0 Å². The molecule has 17 heavy (non-hydrogen) atoms. The van der Waals surface area contributed by atoms with Gasteiger partial charge in [0.05, 0.1) is 0 Å². The standard InChI is InChI=1S/2C5H.2C3H3.Ti/c2*1-2-4-5-3-1;2*1-3-2;/h2*1H;2*1H3;/q2*-5;2*-1;. The molecule has 2 rings (SSSR count). The van der Waals surface area contributed by atoms with Crippen molar-refractivity contribution in [3.63, 3.8) is 0 Å². The van der Waals surface area contributed by atoms with Crippen molar-refractivity contribution in [3.05, 3.63) is 73.5 Å². The van der Waals surface area contributed by atoms with Gasteiger partial charge in [-0.3, -0.25) is 0 Å². The Bertz CT molecular complexity index is 268. The maximum atomic E-state index is 5.96. The fourth-order valence-corrected chi connectivity index (χ4v) is 0.361. The molecule has 0 atom stereocenters. The summed E-state index contributed by atoms with van der Waals surface area (Å²) in [4.78, 5) is 0. The van der Waals surface area contributed by atoms with Gasteiger partial charge in [-0.15, -0.1) is 0 Å². The number of rotatable bonds is 0. The van der Waals surface area contributed by atoms with Gasteiger partial charge in [-0.25, -0.2) is 0 Å². The van der Waals surface area contributed by atoms with E-state index in [-0.39, 0.29) is 21.7 Å². The van der Waals surface area contributed by atoms with Crippen LogP contribution in [0.4, 0.5) is 0 Å². The van der Waals surface area contributed by atoms with Gasteiger partial charge in [0.2, 0.25) is 0 Å². The van der Waals surface area contributed by atoms with Crippen molar-refractivity contribution in [1.82, 2.24) is 0 Å². The molecule has 0 fully saturated rings. The van der Waals surface area contributed by atoms with Crippen LogP contribution >= 0.6 is 0 Å². The van der Waals surface area contributed by atoms with E-state index in [0.717, 1.165) is 0 Å². The number of hydrogen-bond donors (Lipinski definition) is 0. The first kappa shape index (κ1) is 20.9. The molecule has 0 saturated carbocycles. The second-order valence-electron chi connectivity index (χ2n) is 1.87. The van der Waals surface area contributed by atoms with E-state index in [1.165, 1.54) is 0 Å². The van der Waals surface area contributed by atoms with Gasteiger partial charge >= 0.3 is 0 Å². The van der Waals surface area contributed by atoms with E-state index < -0.39 is 0 Å². The molecule has 0 aromatic heterocycles. The Morgan fingerprint density at radius 2 is 0.882 bits per heavy atom. The summed E-state index contributed by atoms with van der Waals surface area (Å²) < 4.78 is 0. The SMILES string of the molecule is [C-]#CC.[C-]#CC.[Ti].[c-]1[c-][c-][cH-][c-]1.[c-]1[c-][c-][cH-][c-]1. The number of hydrogen-bond acceptors (Lipinski definition) is 0. The first-order valence-corrected chi connectivity index (χ1v) is 4.15. The summed E-state index contributed by atoms with van der Waals surface area (Å²) in [6, 6.07) is 24.0. The van der Waals surface area contributed by atoms with E-state index >= 15 is 0 Å². The topological polar surface area (TPSA) is 0 Å². The average Bonchev–Trinajstić information content (AvgIpc) is 3.00. The van der Waals surface area contributed by atoms with E-state index in [1.807, 2.05) is 11.8 Å². The third-order valence-electron chi connectivity index (χ3n) is 0.702. The molecule has 2 aromatic rings. The van der Waals surface area contributed by atoms with Crippen molar-refractivity contribution in [3.8, 4) is 11.8 Å². The van der Waals surface area contributed by atoms with Crippen LogP contribution in [0.1, 0.15) is 13.8 Å². The van der Waals surface area contributed by atoms with Gasteiger partial charge < -0.3 is 85.4 Å². The molecule has 0 amide bonds. The predicted octanol–water partition coefficient (Wildman–Crippen LogP) is 2.40. The van der Waals surface area contributed by atoms with Gasteiger partial charge in [0, 0.05) is 21.7 Å². The summed E-state index contributed by atoms with van der Waals surface area (Å²) in [7, 11) is 0. The first-order valence-electron chi connectivity index (χ1n) is 4.15. The van der Waals surface area contributed by atoms with Crippen molar-refractivity contribution in [2.45, 2.75) is 13.8 Å². The molecule has 0 radical (unpaired) electrons. The smallest absolute Gasteiger partial charge is 0 e. The molecule has 0 bridgehead atoms. The van der Waals surface area contributed by atoms with Gasteiger partial charge in [0.15, 0.2) is 0 Å². The Balaban J connectivity index is -0.000000157. The Morgan fingerprint density at radius 3 is 0.941 bits per heavy atom. The van der Waals surface area contributed by atoms with Crippen LogP contribution in [0.5, 0.6) is 0 Å². The molecular weight excluding hydrogens is 240 g/mol. The fourth-order valence-electron chi connectivity index (χ4n) is 0.361. The Labute approximate surface area is 121 Å². The molecule has 0 heterocycles. The maximum absolute atomic E-state index is 5.96. The van der Waals surface area contributed by atoms with Gasteiger partial charge in [-0.2, -0.15) is 0 Å². The molecule has 0 unspecified atom stereocenters. The van der Waals surface area contributed by atoms with Crippen LogP contribution in [0.15, 0.2) is 12.1 Å². The Kier molecular flexibility index (Phi) is 29.5. The minimum absolute atomic E-state index is 0. The van der Waals surface area contributed by atoms with Gasteiger partial charge in [-0.05, 0) is 13.8 Å². The molecule has 0 saturated heterocycles. The third kappa shape index (κ3) is 31.4. The van der Waals surface area contributed by atoms with E-state index in [1.54, 1.807) is 26.0 Å². The van der Waals surface area contributed by atoms with Crippen molar-refractivity contribution >= 4 is 0 Å². The van der Waals surface area contributed by atoms with Crippen molar-refractivity contribution in [1.29, 1.82) is 0 Å². The molecule has 0 aliphatic rings. The van der Waals surface area contributed by atoms with Crippen LogP contribution in [0.3, 0.4) is 0 Å². The Morgan fingerprint density at radius 1 is 0.706 bits per heavy atom. The summed E-state index contributed by atoms with van der Waals surface area (Å²) in [6.45, 7) is 3.08. The fraction of sp³-hybridized carbons (Fsp3) is 0.125. The zero-order chi connectivity index (χ0) is 12.5. The summed E-state index contributed by atoms with van der Waals surface area (Å²) in [5, 5.41) is 0. The van der Waals surface area contributed by atoms with Gasteiger partial charge in [0.1, 0.15) is 0 Å². The van der Waals surface area contributed by atoms with Crippen LogP contribution in [0.2, 0.25) is 0 Å². The van der Waals surface area contributed by atoms with Gasteiger partial charge in [-0.1, -0.05) is 0 Å². The maximum Gasteiger partial charge on any atom is 0 e. The molecule has 0 N–H and O–H groups in total. The zero-order valence-electron chi connectivity index (χ0n) is 9.65. The van der Waals surface area contributed by atoms with E-state index in [2.05, 4.69) is 48.5 Å². The van der Waals surface area contributed by atoms with Crippen LogP contribution in [-0.2, 0) is 21.7 Å². The molecule has 1 heteroatoms. The third-order valence-corrected chi connectivity index (χ3v) is 0.702. The van der Waals surface area contributed by atoms with E-state index in [0.29, 0.717) is 0 Å². The molecule has 0 aliphatic carbocycles. The zero-order valence-corrected chi connectivity index (χ0v) is 11.2. The van der Waals surface area contributed by atoms with Crippen molar-refractivity contribution < 1.29 is 21.7 Å². The quantitative estimate of drug-likeness (QED) is 0.381. The predicted molar refractivity (Wildman–Crippen MR) is 60.4 cm³/mol. The first-order chi connectivity index (χ1) is 7.83. The molecule has 0 nitrogen and oxygen atoms in total. The monoisotopic (exact) mass is 248 g/mol. The van der Waals surface area contributed by atoms with Crippen molar-refractivity contribution in [2.24, 2.45) is 0 Å². The van der Waals surface area contributed by atoms with E-state index in [9.17, 15) is 0 Å². The largest absolute Gasteiger partial charge is 0.999 e.